The van der Waals surface area contributed by atoms with Gasteiger partial charge in [-0.3, -0.25) is 14.8 Å². The van der Waals surface area contributed by atoms with Crippen molar-refractivity contribution in [1.82, 2.24) is 24.9 Å². The van der Waals surface area contributed by atoms with Gasteiger partial charge in [0, 0.05) is 71.5 Å². The number of piperidine rings is 1. The summed E-state index contributed by atoms with van der Waals surface area (Å²) in [7, 11) is 0. The molecule has 1 unspecified atom stereocenters. The molecule has 4 aliphatic rings. The molecule has 1 N–H and O–H groups in total. The molecule has 0 radical (unpaired) electrons. The highest BCUT2D eigenvalue weighted by atomic mass is 127. The lowest BCUT2D eigenvalue weighted by Gasteiger charge is -2.47. The van der Waals surface area contributed by atoms with Crippen LogP contribution in [-0.4, -0.2) is 115 Å². The first-order valence-corrected chi connectivity index (χ1v) is 12.3. The standard InChI is InChI=1S/C23H44N6O2.HI/c1-6-24-21(25-16-20-18-26-12-14-28(20)15-13-26)29-10-8-19(9-11-29)17-27(7-2)22(30)31-23(3,4)5;/h19-20H,6-18H2,1-5H3,(H,24,25);1H. The highest BCUT2D eigenvalue weighted by Gasteiger charge is 2.32. The van der Waals surface area contributed by atoms with Crippen LogP contribution in [-0.2, 0) is 4.74 Å². The molecule has 0 aromatic carbocycles. The van der Waals surface area contributed by atoms with Crippen LogP contribution in [0.5, 0.6) is 0 Å². The number of halogens is 1. The maximum absolute atomic E-state index is 12.5. The molecule has 0 aromatic heterocycles. The first kappa shape index (κ1) is 27.4. The Hall–Kier alpha value is -0.810. The van der Waals surface area contributed by atoms with Gasteiger partial charge in [-0.2, -0.15) is 0 Å². The Bertz CT molecular complexity index is 610. The first-order valence-electron chi connectivity index (χ1n) is 12.3. The SMILES string of the molecule is CCNC(=NCC1CN2CCN1CC2)N1CCC(CN(CC)C(=O)OC(C)(C)C)CC1.I. The third-order valence-electron chi connectivity index (χ3n) is 6.60. The number of carbonyl (C=O) groups excluding carboxylic acids is 1. The molecule has 0 saturated carbocycles. The number of likely N-dealkylation sites (tertiary alicyclic amines) is 1. The molecule has 1 amide bonds. The Morgan fingerprint density at radius 3 is 2.25 bits per heavy atom. The van der Waals surface area contributed by atoms with Gasteiger partial charge in [0.25, 0.3) is 0 Å². The van der Waals surface area contributed by atoms with Crippen molar-refractivity contribution in [2.75, 3.05) is 72.0 Å². The van der Waals surface area contributed by atoms with Crippen molar-refractivity contribution in [2.45, 2.75) is 59.1 Å². The fourth-order valence-electron chi connectivity index (χ4n) is 4.81. The fourth-order valence-corrected chi connectivity index (χ4v) is 4.81. The van der Waals surface area contributed by atoms with Crippen molar-refractivity contribution in [3.05, 3.63) is 0 Å². The zero-order valence-corrected chi connectivity index (χ0v) is 23.1. The van der Waals surface area contributed by atoms with Gasteiger partial charge in [-0.25, -0.2) is 4.79 Å². The second-order valence-electron chi connectivity index (χ2n) is 10.1. The minimum absolute atomic E-state index is 0. The Morgan fingerprint density at radius 1 is 1.09 bits per heavy atom. The van der Waals surface area contributed by atoms with Gasteiger partial charge in [0.2, 0.25) is 0 Å². The third-order valence-corrected chi connectivity index (χ3v) is 6.60. The van der Waals surface area contributed by atoms with E-state index in [0.29, 0.717) is 18.5 Å². The molecule has 186 valence electrons. The zero-order chi connectivity index (χ0) is 22.4. The minimum Gasteiger partial charge on any atom is -0.444 e. The van der Waals surface area contributed by atoms with Crippen LogP contribution >= 0.6 is 24.0 Å². The molecule has 2 bridgehead atoms. The number of nitrogens with zero attached hydrogens (tertiary/aromatic N) is 5. The average Bonchev–Trinajstić information content (AvgIpc) is 2.75. The molecule has 4 saturated heterocycles. The Kier molecular flexibility index (Phi) is 10.8. The van der Waals surface area contributed by atoms with Crippen molar-refractivity contribution in [3.63, 3.8) is 0 Å². The van der Waals surface area contributed by atoms with Crippen molar-refractivity contribution in [1.29, 1.82) is 0 Å². The summed E-state index contributed by atoms with van der Waals surface area (Å²) >= 11 is 0. The number of fused-ring (bicyclic) bond motifs is 3. The maximum Gasteiger partial charge on any atom is 0.410 e. The molecule has 9 heteroatoms. The highest BCUT2D eigenvalue weighted by Crippen LogP contribution is 2.21. The lowest BCUT2D eigenvalue weighted by Crippen LogP contribution is -2.62. The summed E-state index contributed by atoms with van der Waals surface area (Å²) in [6.07, 6.45) is 1.96. The quantitative estimate of drug-likeness (QED) is 0.304. The van der Waals surface area contributed by atoms with Gasteiger partial charge in [0.05, 0.1) is 6.54 Å². The van der Waals surface area contributed by atoms with Gasteiger partial charge in [-0.15, -0.1) is 24.0 Å². The smallest absolute Gasteiger partial charge is 0.410 e. The van der Waals surface area contributed by atoms with Crippen LogP contribution in [0.2, 0.25) is 0 Å². The van der Waals surface area contributed by atoms with E-state index in [1.54, 1.807) is 0 Å². The molecule has 4 heterocycles. The Morgan fingerprint density at radius 2 is 1.75 bits per heavy atom. The summed E-state index contributed by atoms with van der Waals surface area (Å²) in [4.78, 5) is 26.9. The van der Waals surface area contributed by atoms with Crippen LogP contribution in [0, 0.1) is 5.92 Å². The van der Waals surface area contributed by atoms with Crippen LogP contribution in [0.1, 0.15) is 47.5 Å². The number of guanidine groups is 1. The number of rotatable bonds is 6. The maximum atomic E-state index is 12.5. The molecule has 4 rings (SSSR count). The van der Waals surface area contributed by atoms with E-state index in [0.717, 1.165) is 58.1 Å². The topological polar surface area (TPSA) is 63.7 Å². The van der Waals surface area contributed by atoms with Crippen LogP contribution in [0.15, 0.2) is 4.99 Å². The van der Waals surface area contributed by atoms with E-state index in [9.17, 15) is 4.79 Å². The molecular weight excluding hydrogens is 519 g/mol. The molecule has 1 atom stereocenters. The van der Waals surface area contributed by atoms with Gasteiger partial charge in [0.1, 0.15) is 5.60 Å². The van der Waals surface area contributed by atoms with Crippen LogP contribution in [0.25, 0.3) is 0 Å². The van der Waals surface area contributed by atoms with Crippen LogP contribution in [0.4, 0.5) is 4.79 Å². The van der Waals surface area contributed by atoms with Gasteiger partial charge >= 0.3 is 6.09 Å². The number of aliphatic imine (C=N–C) groups is 1. The first-order chi connectivity index (χ1) is 14.8. The number of hydrogen-bond donors (Lipinski definition) is 1. The molecular formula is C23H45IN6O2. The summed E-state index contributed by atoms with van der Waals surface area (Å²) in [6, 6.07) is 0.556. The Balaban J connectivity index is 0.00000363. The molecule has 4 aliphatic heterocycles. The second-order valence-corrected chi connectivity index (χ2v) is 10.1. The van der Waals surface area contributed by atoms with Crippen LogP contribution in [0.3, 0.4) is 0 Å². The highest BCUT2D eigenvalue weighted by molar-refractivity contribution is 14.0. The van der Waals surface area contributed by atoms with E-state index in [-0.39, 0.29) is 30.1 Å². The number of piperazine rings is 3. The molecule has 0 spiro atoms. The molecule has 0 aliphatic carbocycles. The minimum atomic E-state index is -0.448. The van der Waals surface area contributed by atoms with Gasteiger partial charge in [-0.1, -0.05) is 0 Å². The summed E-state index contributed by atoms with van der Waals surface area (Å²) < 4.78 is 5.57. The van der Waals surface area contributed by atoms with Gasteiger partial charge in [-0.05, 0) is 53.4 Å². The van der Waals surface area contributed by atoms with E-state index in [1.165, 1.54) is 26.2 Å². The van der Waals surface area contributed by atoms with Crippen molar-refractivity contribution in [3.8, 4) is 0 Å². The number of nitrogens with one attached hydrogen (secondary N) is 1. The number of carbonyl (C=O) groups is 1. The lowest BCUT2D eigenvalue weighted by atomic mass is 9.96. The number of amides is 1. The summed E-state index contributed by atoms with van der Waals surface area (Å²) in [5, 5.41) is 3.51. The average molecular weight is 565 g/mol. The predicted molar refractivity (Wildman–Crippen MR) is 141 cm³/mol. The molecule has 0 aromatic rings. The summed E-state index contributed by atoms with van der Waals surface area (Å²) in [5.74, 6) is 1.57. The Labute approximate surface area is 212 Å². The van der Waals surface area contributed by atoms with Crippen molar-refractivity contribution >= 4 is 36.0 Å². The van der Waals surface area contributed by atoms with E-state index in [4.69, 9.17) is 9.73 Å². The predicted octanol–water partition coefficient (Wildman–Crippen LogP) is 2.54. The largest absolute Gasteiger partial charge is 0.444 e. The molecule has 32 heavy (non-hydrogen) atoms. The summed E-state index contributed by atoms with van der Waals surface area (Å²) in [6.45, 7) is 21.1. The normalized spacial score (nSPS) is 26.5. The van der Waals surface area contributed by atoms with E-state index >= 15 is 0 Å². The van der Waals surface area contributed by atoms with Crippen LogP contribution < -0.4 is 5.32 Å². The molecule has 4 fully saturated rings. The number of ether oxygens (including phenoxy) is 1. The fraction of sp³-hybridized carbons (Fsp3) is 0.913. The monoisotopic (exact) mass is 564 g/mol. The third kappa shape index (κ3) is 7.90. The van der Waals surface area contributed by atoms with E-state index in [2.05, 4.69) is 26.9 Å². The second kappa shape index (κ2) is 12.6. The van der Waals surface area contributed by atoms with Gasteiger partial charge < -0.3 is 19.9 Å². The van der Waals surface area contributed by atoms with E-state index < -0.39 is 5.60 Å². The summed E-state index contributed by atoms with van der Waals surface area (Å²) in [5.41, 5.74) is -0.448. The van der Waals surface area contributed by atoms with Crippen molar-refractivity contribution < 1.29 is 9.53 Å². The van der Waals surface area contributed by atoms with Crippen molar-refractivity contribution in [2.24, 2.45) is 10.9 Å². The number of hydrogen-bond acceptors (Lipinski definition) is 5. The van der Waals surface area contributed by atoms with E-state index in [1.807, 2.05) is 32.6 Å². The lowest BCUT2D eigenvalue weighted by molar-refractivity contribution is 0.0172. The molecule has 8 nitrogen and oxygen atoms in total. The zero-order valence-electron chi connectivity index (χ0n) is 20.8. The van der Waals surface area contributed by atoms with Gasteiger partial charge in [0.15, 0.2) is 5.96 Å².